The Morgan fingerprint density at radius 3 is 2.81 bits per heavy atom. The van der Waals surface area contributed by atoms with Crippen molar-refractivity contribution in [2.45, 2.75) is 26.7 Å². The third-order valence-electron chi connectivity index (χ3n) is 2.57. The Morgan fingerprint density at radius 1 is 1.50 bits per heavy atom. The van der Waals surface area contributed by atoms with Crippen LogP contribution >= 0.6 is 12.2 Å². The van der Waals surface area contributed by atoms with Gasteiger partial charge in [0.15, 0.2) is 0 Å². The Labute approximate surface area is 103 Å². The first-order valence-corrected chi connectivity index (χ1v) is 6.10. The van der Waals surface area contributed by atoms with Crippen LogP contribution in [0.1, 0.15) is 32.3 Å². The molecule has 4 heteroatoms. The van der Waals surface area contributed by atoms with E-state index >= 15 is 0 Å². The van der Waals surface area contributed by atoms with E-state index in [1.807, 2.05) is 12.3 Å². The normalized spacial score (nSPS) is 10.1. The van der Waals surface area contributed by atoms with E-state index in [1.54, 1.807) is 6.20 Å². The SMILES string of the molecule is CCCCN(CC)c1cnccc1C(N)=S. The lowest BCUT2D eigenvalue weighted by Gasteiger charge is -2.24. The summed E-state index contributed by atoms with van der Waals surface area (Å²) in [6.45, 7) is 6.28. The lowest BCUT2D eigenvalue weighted by atomic mass is 10.2. The molecule has 16 heavy (non-hydrogen) atoms. The van der Waals surface area contributed by atoms with E-state index in [-0.39, 0.29) is 0 Å². The van der Waals surface area contributed by atoms with Crippen molar-refractivity contribution >= 4 is 22.9 Å². The van der Waals surface area contributed by atoms with Crippen LogP contribution < -0.4 is 10.6 Å². The number of pyridine rings is 1. The standard InChI is InChI=1S/C12H19N3S/c1-3-5-8-15(4-2)11-9-14-7-6-10(11)12(13)16/h6-7,9H,3-5,8H2,1-2H3,(H2,13,16). The Kier molecular flexibility index (Phi) is 5.19. The molecule has 1 aromatic heterocycles. The highest BCUT2D eigenvalue weighted by atomic mass is 32.1. The number of anilines is 1. The van der Waals surface area contributed by atoms with Crippen LogP contribution in [0.4, 0.5) is 5.69 Å². The van der Waals surface area contributed by atoms with Crippen LogP contribution in [0.2, 0.25) is 0 Å². The molecule has 3 nitrogen and oxygen atoms in total. The summed E-state index contributed by atoms with van der Waals surface area (Å²) in [6.07, 6.45) is 5.91. The minimum absolute atomic E-state index is 0.437. The molecule has 0 aliphatic carbocycles. The Bertz CT molecular complexity index is 352. The van der Waals surface area contributed by atoms with E-state index in [1.165, 1.54) is 12.8 Å². The molecule has 1 aromatic rings. The molecule has 0 atom stereocenters. The van der Waals surface area contributed by atoms with Crippen molar-refractivity contribution in [3.8, 4) is 0 Å². The molecule has 0 radical (unpaired) electrons. The van der Waals surface area contributed by atoms with Crippen molar-refractivity contribution in [2.24, 2.45) is 5.73 Å². The summed E-state index contributed by atoms with van der Waals surface area (Å²) < 4.78 is 0. The van der Waals surface area contributed by atoms with Gasteiger partial charge < -0.3 is 10.6 Å². The highest BCUT2D eigenvalue weighted by Crippen LogP contribution is 2.19. The molecular weight excluding hydrogens is 218 g/mol. The van der Waals surface area contributed by atoms with Gasteiger partial charge in [0.25, 0.3) is 0 Å². The molecule has 88 valence electrons. The monoisotopic (exact) mass is 237 g/mol. The molecule has 0 aromatic carbocycles. The van der Waals surface area contributed by atoms with Gasteiger partial charge in [-0.25, -0.2) is 0 Å². The van der Waals surface area contributed by atoms with Crippen molar-refractivity contribution in [1.82, 2.24) is 4.98 Å². The van der Waals surface area contributed by atoms with E-state index in [2.05, 4.69) is 23.7 Å². The zero-order valence-corrected chi connectivity index (χ0v) is 10.8. The Balaban J connectivity index is 2.94. The van der Waals surface area contributed by atoms with Crippen LogP contribution in [0, 0.1) is 0 Å². The molecule has 0 aliphatic rings. The van der Waals surface area contributed by atoms with Crippen LogP contribution in [0.5, 0.6) is 0 Å². The molecule has 2 N–H and O–H groups in total. The maximum atomic E-state index is 5.71. The number of nitrogens with two attached hydrogens (primary N) is 1. The van der Waals surface area contributed by atoms with Gasteiger partial charge in [0.2, 0.25) is 0 Å². The summed E-state index contributed by atoms with van der Waals surface area (Å²) in [6, 6.07) is 1.88. The summed E-state index contributed by atoms with van der Waals surface area (Å²) in [7, 11) is 0. The lowest BCUT2D eigenvalue weighted by Crippen LogP contribution is -2.27. The van der Waals surface area contributed by atoms with E-state index in [0.717, 1.165) is 24.3 Å². The summed E-state index contributed by atoms with van der Waals surface area (Å²) in [4.78, 5) is 6.85. The van der Waals surface area contributed by atoms with Crippen molar-refractivity contribution in [2.75, 3.05) is 18.0 Å². The van der Waals surface area contributed by atoms with Gasteiger partial charge in [0.05, 0.1) is 11.9 Å². The fraction of sp³-hybridized carbons (Fsp3) is 0.500. The Morgan fingerprint density at radius 2 is 2.25 bits per heavy atom. The van der Waals surface area contributed by atoms with Crippen molar-refractivity contribution in [3.63, 3.8) is 0 Å². The largest absolute Gasteiger partial charge is 0.389 e. The summed E-state index contributed by atoms with van der Waals surface area (Å²) in [5.41, 5.74) is 7.68. The van der Waals surface area contributed by atoms with Gasteiger partial charge in [0, 0.05) is 24.8 Å². The fourth-order valence-corrected chi connectivity index (χ4v) is 1.82. The average Bonchev–Trinajstić information content (AvgIpc) is 2.30. The van der Waals surface area contributed by atoms with E-state index in [4.69, 9.17) is 18.0 Å². The predicted molar refractivity (Wildman–Crippen MR) is 72.9 cm³/mol. The van der Waals surface area contributed by atoms with Crippen molar-refractivity contribution < 1.29 is 0 Å². The van der Waals surface area contributed by atoms with E-state index < -0.39 is 0 Å². The topological polar surface area (TPSA) is 42.2 Å². The van der Waals surface area contributed by atoms with Crippen molar-refractivity contribution in [3.05, 3.63) is 24.0 Å². The second kappa shape index (κ2) is 6.43. The number of hydrogen-bond donors (Lipinski definition) is 1. The van der Waals surface area contributed by atoms with Crippen molar-refractivity contribution in [1.29, 1.82) is 0 Å². The third-order valence-corrected chi connectivity index (χ3v) is 2.79. The van der Waals surface area contributed by atoms with Gasteiger partial charge in [-0.15, -0.1) is 0 Å². The predicted octanol–water partition coefficient (Wildman–Crippen LogP) is 2.34. The van der Waals surface area contributed by atoms with Crippen LogP contribution in [0.3, 0.4) is 0 Å². The smallest absolute Gasteiger partial charge is 0.106 e. The zero-order chi connectivity index (χ0) is 12.0. The van der Waals surface area contributed by atoms with Gasteiger partial charge in [-0.1, -0.05) is 25.6 Å². The minimum atomic E-state index is 0.437. The molecule has 0 bridgehead atoms. The van der Waals surface area contributed by atoms with Gasteiger partial charge in [0.1, 0.15) is 4.99 Å². The van der Waals surface area contributed by atoms with Crippen LogP contribution in [-0.4, -0.2) is 23.1 Å². The second-order valence-corrected chi connectivity index (χ2v) is 4.13. The second-order valence-electron chi connectivity index (χ2n) is 3.69. The highest BCUT2D eigenvalue weighted by molar-refractivity contribution is 7.80. The molecule has 1 rings (SSSR count). The molecule has 0 saturated heterocycles. The molecule has 0 spiro atoms. The quantitative estimate of drug-likeness (QED) is 0.771. The van der Waals surface area contributed by atoms with Crippen LogP contribution in [-0.2, 0) is 0 Å². The number of nitrogens with zero attached hydrogens (tertiary/aromatic N) is 2. The highest BCUT2D eigenvalue weighted by Gasteiger charge is 2.10. The molecular formula is C12H19N3S. The number of hydrogen-bond acceptors (Lipinski definition) is 3. The molecule has 0 amide bonds. The number of rotatable bonds is 6. The summed E-state index contributed by atoms with van der Waals surface area (Å²) in [5, 5.41) is 0. The molecule has 1 heterocycles. The maximum Gasteiger partial charge on any atom is 0.106 e. The molecule has 0 fully saturated rings. The summed E-state index contributed by atoms with van der Waals surface area (Å²) in [5.74, 6) is 0. The first kappa shape index (κ1) is 12.9. The third kappa shape index (κ3) is 3.17. The number of aromatic nitrogens is 1. The van der Waals surface area contributed by atoms with E-state index in [0.29, 0.717) is 4.99 Å². The fourth-order valence-electron chi connectivity index (χ4n) is 1.64. The van der Waals surface area contributed by atoms with Gasteiger partial charge in [-0.3, -0.25) is 4.98 Å². The first-order valence-electron chi connectivity index (χ1n) is 5.69. The molecule has 0 unspecified atom stereocenters. The molecule has 0 saturated carbocycles. The maximum absolute atomic E-state index is 5.71. The first-order chi connectivity index (χ1) is 7.70. The van der Waals surface area contributed by atoms with Gasteiger partial charge in [-0.05, 0) is 19.4 Å². The number of thiocarbonyl (C=S) groups is 1. The minimum Gasteiger partial charge on any atom is -0.389 e. The summed E-state index contributed by atoms with van der Waals surface area (Å²) >= 11 is 5.05. The average molecular weight is 237 g/mol. The zero-order valence-electron chi connectivity index (χ0n) is 9.94. The van der Waals surface area contributed by atoms with Crippen LogP contribution in [0.15, 0.2) is 18.5 Å². The van der Waals surface area contributed by atoms with Crippen LogP contribution in [0.25, 0.3) is 0 Å². The lowest BCUT2D eigenvalue weighted by molar-refractivity contribution is 0.730. The Hall–Kier alpha value is -1.16. The van der Waals surface area contributed by atoms with E-state index in [9.17, 15) is 0 Å². The van der Waals surface area contributed by atoms with Gasteiger partial charge in [-0.2, -0.15) is 0 Å². The van der Waals surface area contributed by atoms with Gasteiger partial charge >= 0.3 is 0 Å². The molecule has 0 aliphatic heterocycles. The number of unbranched alkanes of at least 4 members (excludes halogenated alkanes) is 1.